The van der Waals surface area contributed by atoms with Gasteiger partial charge in [-0.15, -0.1) is 0 Å². The van der Waals surface area contributed by atoms with Gasteiger partial charge in [-0.2, -0.15) is 0 Å². The van der Waals surface area contributed by atoms with Crippen LogP contribution in [0.2, 0.25) is 0 Å². The smallest absolute Gasteiger partial charge is 0.110 e. The molecule has 0 amide bonds. The van der Waals surface area contributed by atoms with Gasteiger partial charge in [-0.25, -0.2) is 0 Å². The third-order valence-electron chi connectivity index (χ3n) is 5.54. The van der Waals surface area contributed by atoms with Gasteiger partial charge in [0, 0.05) is 0 Å². The molecule has 3 aromatic rings. The summed E-state index contributed by atoms with van der Waals surface area (Å²) in [7, 11) is 0. The molecule has 2 nitrogen and oxygen atoms in total. The zero-order valence-corrected chi connectivity index (χ0v) is 13.0. The zero-order chi connectivity index (χ0) is 15.7. The van der Waals surface area contributed by atoms with Gasteiger partial charge in [0.1, 0.15) is 12.2 Å². The molecule has 5 rings (SSSR count). The second-order valence-corrected chi connectivity index (χ2v) is 6.77. The number of hydrogen-bond donors (Lipinski definition) is 2. The van der Waals surface area contributed by atoms with Crippen LogP contribution in [0.3, 0.4) is 0 Å². The van der Waals surface area contributed by atoms with Gasteiger partial charge in [0.2, 0.25) is 0 Å². The first-order valence-electron chi connectivity index (χ1n) is 8.20. The number of benzene rings is 3. The molecule has 0 saturated heterocycles. The van der Waals surface area contributed by atoms with Crippen molar-refractivity contribution in [2.24, 2.45) is 0 Å². The molecular formula is C21H18O2. The van der Waals surface area contributed by atoms with Gasteiger partial charge < -0.3 is 10.2 Å². The lowest BCUT2D eigenvalue weighted by Gasteiger charge is -2.24. The Bertz CT molecular complexity index is 1010. The minimum atomic E-state index is -0.852. The summed E-state index contributed by atoms with van der Waals surface area (Å²) in [5.41, 5.74) is 6.11. The van der Waals surface area contributed by atoms with Crippen molar-refractivity contribution in [2.75, 3.05) is 0 Å². The van der Waals surface area contributed by atoms with Crippen molar-refractivity contribution < 1.29 is 10.2 Å². The fourth-order valence-corrected chi connectivity index (χ4v) is 4.39. The van der Waals surface area contributed by atoms with Crippen LogP contribution in [-0.2, 0) is 12.8 Å². The molecule has 114 valence electrons. The summed E-state index contributed by atoms with van der Waals surface area (Å²) in [6.45, 7) is 2.19. The SMILES string of the molecule is Cc1ccc2cc3c4c(ccc3c3c2c1CC3)C=CC(O)C4O. The summed E-state index contributed by atoms with van der Waals surface area (Å²) < 4.78 is 0. The van der Waals surface area contributed by atoms with Crippen LogP contribution in [0.5, 0.6) is 0 Å². The minimum absolute atomic E-state index is 0.828. The molecule has 0 bridgehead atoms. The van der Waals surface area contributed by atoms with E-state index in [1.54, 1.807) is 6.08 Å². The van der Waals surface area contributed by atoms with Gasteiger partial charge in [0.05, 0.1) is 0 Å². The highest BCUT2D eigenvalue weighted by Gasteiger charge is 2.27. The first-order chi connectivity index (χ1) is 11.1. The Morgan fingerprint density at radius 2 is 1.78 bits per heavy atom. The number of aliphatic hydroxyl groups is 2. The van der Waals surface area contributed by atoms with Crippen molar-refractivity contribution in [3.63, 3.8) is 0 Å². The average Bonchev–Trinajstić information content (AvgIpc) is 3.00. The predicted octanol–water partition coefficient (Wildman–Crippen LogP) is 3.82. The van der Waals surface area contributed by atoms with Crippen LogP contribution < -0.4 is 0 Å². The van der Waals surface area contributed by atoms with Crippen molar-refractivity contribution in [2.45, 2.75) is 32.0 Å². The van der Waals surface area contributed by atoms with E-state index in [0.717, 1.165) is 29.4 Å². The van der Waals surface area contributed by atoms with Crippen LogP contribution in [0.1, 0.15) is 33.9 Å². The molecule has 0 aromatic heterocycles. The lowest BCUT2D eigenvalue weighted by atomic mass is 9.85. The zero-order valence-electron chi connectivity index (χ0n) is 13.0. The van der Waals surface area contributed by atoms with Crippen LogP contribution in [-0.4, -0.2) is 16.3 Å². The van der Waals surface area contributed by atoms with Crippen LogP contribution in [0, 0.1) is 6.92 Å². The van der Waals surface area contributed by atoms with E-state index >= 15 is 0 Å². The summed E-state index contributed by atoms with van der Waals surface area (Å²) in [5.74, 6) is 0. The Hall–Kier alpha value is -2.16. The van der Waals surface area contributed by atoms with E-state index in [0.29, 0.717) is 0 Å². The van der Waals surface area contributed by atoms with Crippen molar-refractivity contribution in [3.05, 3.63) is 64.2 Å². The van der Waals surface area contributed by atoms with Crippen molar-refractivity contribution in [3.8, 4) is 0 Å². The maximum atomic E-state index is 10.5. The summed E-state index contributed by atoms with van der Waals surface area (Å²) in [6, 6.07) is 10.8. The summed E-state index contributed by atoms with van der Waals surface area (Å²) >= 11 is 0. The highest BCUT2D eigenvalue weighted by atomic mass is 16.3. The van der Waals surface area contributed by atoms with E-state index in [-0.39, 0.29) is 0 Å². The second-order valence-electron chi connectivity index (χ2n) is 6.77. The first-order valence-corrected chi connectivity index (χ1v) is 8.20. The number of fused-ring (bicyclic) bond motifs is 4. The highest BCUT2D eigenvalue weighted by Crippen LogP contribution is 2.42. The Morgan fingerprint density at radius 3 is 2.65 bits per heavy atom. The quantitative estimate of drug-likeness (QED) is 0.620. The Kier molecular flexibility index (Phi) is 2.56. The Balaban J connectivity index is 1.96. The molecule has 0 saturated carbocycles. The fourth-order valence-electron chi connectivity index (χ4n) is 4.39. The molecule has 0 radical (unpaired) electrons. The molecule has 0 fully saturated rings. The monoisotopic (exact) mass is 302 g/mol. The van der Waals surface area contributed by atoms with Crippen molar-refractivity contribution >= 4 is 27.6 Å². The van der Waals surface area contributed by atoms with Crippen molar-refractivity contribution in [1.29, 1.82) is 0 Å². The summed E-state index contributed by atoms with van der Waals surface area (Å²) in [6.07, 6.45) is 4.05. The largest absolute Gasteiger partial charge is 0.386 e. The van der Waals surface area contributed by atoms with Gasteiger partial charge in [-0.1, -0.05) is 36.4 Å². The van der Waals surface area contributed by atoms with Gasteiger partial charge in [-0.05, 0) is 75.2 Å². The third kappa shape index (κ3) is 1.65. The topological polar surface area (TPSA) is 40.5 Å². The first kappa shape index (κ1) is 13.3. The van der Waals surface area contributed by atoms with Gasteiger partial charge in [0.15, 0.2) is 0 Å². The summed E-state index contributed by atoms with van der Waals surface area (Å²) in [4.78, 5) is 0. The molecule has 3 aromatic carbocycles. The van der Waals surface area contributed by atoms with E-state index in [1.807, 2.05) is 6.08 Å². The van der Waals surface area contributed by atoms with E-state index in [9.17, 15) is 10.2 Å². The van der Waals surface area contributed by atoms with E-state index in [2.05, 4.69) is 37.3 Å². The molecular weight excluding hydrogens is 284 g/mol. The maximum absolute atomic E-state index is 10.5. The lowest BCUT2D eigenvalue weighted by Crippen LogP contribution is -2.19. The molecule has 2 unspecified atom stereocenters. The van der Waals surface area contributed by atoms with E-state index < -0.39 is 12.2 Å². The average molecular weight is 302 g/mol. The lowest BCUT2D eigenvalue weighted by molar-refractivity contribution is 0.0480. The molecule has 2 atom stereocenters. The second kappa shape index (κ2) is 4.44. The molecule has 2 aliphatic carbocycles. The molecule has 23 heavy (non-hydrogen) atoms. The normalized spacial score (nSPS) is 22.0. The number of aliphatic hydroxyl groups excluding tert-OH is 2. The van der Waals surface area contributed by atoms with Gasteiger partial charge >= 0.3 is 0 Å². The number of rotatable bonds is 0. The summed E-state index contributed by atoms with van der Waals surface area (Å²) in [5, 5.41) is 25.5. The Morgan fingerprint density at radius 1 is 0.957 bits per heavy atom. The third-order valence-corrected chi connectivity index (χ3v) is 5.54. The van der Waals surface area contributed by atoms with Crippen molar-refractivity contribution in [1.82, 2.24) is 0 Å². The Labute approximate surface area is 134 Å². The minimum Gasteiger partial charge on any atom is -0.386 e. The molecule has 0 heterocycles. The molecule has 0 aliphatic heterocycles. The fraction of sp³-hybridized carbons (Fsp3) is 0.238. The van der Waals surface area contributed by atoms with Gasteiger partial charge in [0.25, 0.3) is 0 Å². The van der Waals surface area contributed by atoms with Crippen LogP contribution >= 0.6 is 0 Å². The van der Waals surface area contributed by atoms with Crippen LogP contribution in [0.25, 0.3) is 27.6 Å². The van der Waals surface area contributed by atoms with Crippen LogP contribution in [0.4, 0.5) is 0 Å². The van der Waals surface area contributed by atoms with Crippen LogP contribution in [0.15, 0.2) is 36.4 Å². The molecule has 2 heteroatoms. The maximum Gasteiger partial charge on any atom is 0.110 e. The number of hydrogen-bond acceptors (Lipinski definition) is 2. The molecule has 0 spiro atoms. The van der Waals surface area contributed by atoms with Gasteiger partial charge in [-0.3, -0.25) is 0 Å². The highest BCUT2D eigenvalue weighted by molar-refractivity contribution is 6.07. The predicted molar refractivity (Wildman–Crippen MR) is 93.6 cm³/mol. The molecule has 2 aliphatic rings. The standard InChI is InChI=1S/C21H18O2/c1-11-2-3-13-10-17-15(16-8-7-14(11)19(13)16)6-4-12-5-9-18(22)21(23)20(12)17/h2-6,9-10,18,21-23H,7-8H2,1H3. The van der Waals surface area contributed by atoms with E-state index in [4.69, 9.17) is 0 Å². The number of aryl methyl sites for hydroxylation is 3. The van der Waals surface area contributed by atoms with E-state index in [1.165, 1.54) is 32.8 Å². The molecule has 2 N–H and O–H groups in total.